The number of aliphatic hydroxyl groups is 1. The number of hydrogen-bond donors (Lipinski definition) is 3. The highest BCUT2D eigenvalue weighted by atomic mass is 35.5. The summed E-state index contributed by atoms with van der Waals surface area (Å²) in [4.78, 5) is 39.4. The maximum atomic E-state index is 13.6. The molecule has 2 amide bonds. The fourth-order valence-corrected chi connectivity index (χ4v) is 5.61. The van der Waals surface area contributed by atoms with Gasteiger partial charge in [0.1, 0.15) is 0 Å². The number of amides is 2. The molecule has 1 heterocycles. The van der Waals surface area contributed by atoms with Crippen LogP contribution in [0.2, 0.25) is 5.02 Å². The first-order chi connectivity index (χ1) is 16.5. The second-order valence-electron chi connectivity index (χ2n) is 10.3. The zero-order chi connectivity index (χ0) is 25.4. The fraction of sp³-hybridized carbons (Fsp3) is 0.444. The van der Waals surface area contributed by atoms with Gasteiger partial charge in [0.05, 0.1) is 17.1 Å². The quantitative estimate of drug-likeness (QED) is 0.575. The van der Waals surface area contributed by atoms with Gasteiger partial charge in [-0.05, 0) is 55.2 Å². The van der Waals surface area contributed by atoms with Crippen LogP contribution in [0, 0.1) is 11.3 Å². The minimum absolute atomic E-state index is 0.0154. The van der Waals surface area contributed by atoms with E-state index >= 15 is 0 Å². The van der Waals surface area contributed by atoms with Gasteiger partial charge in [0.15, 0.2) is 0 Å². The van der Waals surface area contributed by atoms with E-state index in [1.807, 2.05) is 30.9 Å². The molecular formula is C27H31ClN2O5. The predicted octanol–water partition coefficient (Wildman–Crippen LogP) is 4.08. The van der Waals surface area contributed by atoms with Crippen LogP contribution in [0.4, 0.5) is 0 Å². The normalized spacial score (nSPS) is 25.8. The van der Waals surface area contributed by atoms with Gasteiger partial charge in [-0.15, -0.1) is 0 Å². The number of carbonyl (C=O) groups is 3. The predicted molar refractivity (Wildman–Crippen MR) is 132 cm³/mol. The average Bonchev–Trinajstić information content (AvgIpc) is 3.28. The van der Waals surface area contributed by atoms with E-state index in [-0.39, 0.29) is 34.9 Å². The van der Waals surface area contributed by atoms with Crippen LogP contribution in [0.1, 0.15) is 65.8 Å². The molecule has 1 saturated carbocycles. The molecule has 4 rings (SSSR count). The molecule has 1 aliphatic heterocycles. The first-order valence-electron chi connectivity index (χ1n) is 11.9. The number of rotatable bonds is 5. The van der Waals surface area contributed by atoms with Gasteiger partial charge in [-0.1, -0.05) is 50.1 Å². The van der Waals surface area contributed by atoms with Crippen LogP contribution >= 0.6 is 11.6 Å². The third-order valence-electron chi connectivity index (χ3n) is 7.60. The van der Waals surface area contributed by atoms with Gasteiger partial charge in [-0.25, -0.2) is 4.79 Å². The Kier molecular flexibility index (Phi) is 6.93. The number of carboxylic acids is 1. The van der Waals surface area contributed by atoms with Gasteiger partial charge < -0.3 is 20.4 Å². The molecule has 2 fully saturated rings. The molecule has 0 bridgehead atoms. The number of carbonyl (C=O) groups excluding carboxylic acids is 2. The lowest BCUT2D eigenvalue weighted by Gasteiger charge is -2.51. The number of carboxylic acid groups (broad SMARTS) is 1. The standard InChI is InChI=1S/C27H31ClN2O5/c1-26(2)16-30(14-13-27(26,35)19-9-11-20(28)12-10-19)24(32)21-7-4-8-22(21)29-23(31)17-5-3-6-18(15-17)25(33)34/h3,5-6,9-12,15,21-22,35H,4,7-8,13-14,16H2,1-2H3,(H,29,31)(H,33,34)/t21-,22+,27-/m0/s1. The molecule has 2 aliphatic rings. The first kappa shape index (κ1) is 25.2. The third-order valence-corrected chi connectivity index (χ3v) is 7.86. The summed E-state index contributed by atoms with van der Waals surface area (Å²) in [6, 6.07) is 12.8. The number of likely N-dealkylation sites (tertiary alicyclic amines) is 1. The average molecular weight is 499 g/mol. The lowest BCUT2D eigenvalue weighted by molar-refractivity contribution is -0.156. The number of benzene rings is 2. The summed E-state index contributed by atoms with van der Waals surface area (Å²) in [6.45, 7) is 4.73. The summed E-state index contributed by atoms with van der Waals surface area (Å²) in [5, 5.41) is 24.4. The van der Waals surface area contributed by atoms with Crippen LogP contribution in [-0.4, -0.2) is 52.0 Å². The Morgan fingerprint density at radius 1 is 1.06 bits per heavy atom. The number of nitrogens with zero attached hydrogens (tertiary/aromatic N) is 1. The van der Waals surface area contributed by atoms with Gasteiger partial charge in [-0.2, -0.15) is 0 Å². The minimum atomic E-state index is -1.10. The van der Waals surface area contributed by atoms with Gasteiger partial charge in [-0.3, -0.25) is 9.59 Å². The minimum Gasteiger partial charge on any atom is -0.478 e. The summed E-state index contributed by atoms with van der Waals surface area (Å²) in [6.07, 6.45) is 2.59. The van der Waals surface area contributed by atoms with E-state index in [0.717, 1.165) is 12.0 Å². The molecule has 2 aromatic rings. The van der Waals surface area contributed by atoms with Crippen molar-refractivity contribution in [2.45, 2.75) is 51.2 Å². The van der Waals surface area contributed by atoms with E-state index in [9.17, 15) is 24.6 Å². The molecule has 3 N–H and O–H groups in total. The SMILES string of the molecule is CC1(C)CN(C(=O)[C@H]2CCC[C@H]2NC(=O)c2cccc(C(=O)O)c2)CC[C@]1(O)c1ccc(Cl)cc1. The molecule has 0 aromatic heterocycles. The number of hydrogen-bond acceptors (Lipinski definition) is 4. The Balaban J connectivity index is 1.45. The highest BCUT2D eigenvalue weighted by molar-refractivity contribution is 6.30. The van der Waals surface area contributed by atoms with Crippen LogP contribution in [0.5, 0.6) is 0 Å². The van der Waals surface area contributed by atoms with Crippen molar-refractivity contribution in [1.29, 1.82) is 0 Å². The molecule has 7 nitrogen and oxygen atoms in total. The summed E-state index contributed by atoms with van der Waals surface area (Å²) < 4.78 is 0. The van der Waals surface area contributed by atoms with Crippen LogP contribution in [0.25, 0.3) is 0 Å². The third kappa shape index (κ3) is 4.93. The molecule has 8 heteroatoms. The summed E-state index contributed by atoms with van der Waals surface area (Å²) in [7, 11) is 0. The first-order valence-corrected chi connectivity index (χ1v) is 12.3. The summed E-state index contributed by atoms with van der Waals surface area (Å²) in [5.41, 5.74) is -0.597. The van der Waals surface area contributed by atoms with E-state index in [1.165, 1.54) is 18.2 Å². The molecule has 0 unspecified atom stereocenters. The molecule has 3 atom stereocenters. The molecule has 2 aromatic carbocycles. The summed E-state index contributed by atoms with van der Waals surface area (Å²) >= 11 is 6.02. The van der Waals surface area contributed by atoms with Crippen LogP contribution < -0.4 is 5.32 Å². The Bertz CT molecular complexity index is 1130. The van der Waals surface area contributed by atoms with Crippen LogP contribution in [0.3, 0.4) is 0 Å². The maximum Gasteiger partial charge on any atom is 0.335 e. The highest BCUT2D eigenvalue weighted by Crippen LogP contribution is 2.46. The van der Waals surface area contributed by atoms with E-state index in [4.69, 9.17) is 11.6 Å². The van der Waals surface area contributed by atoms with E-state index < -0.39 is 17.0 Å². The Labute approximate surface area is 210 Å². The van der Waals surface area contributed by atoms with E-state index in [1.54, 1.807) is 18.2 Å². The lowest BCUT2D eigenvalue weighted by atomic mass is 9.66. The van der Waals surface area contributed by atoms with Crippen molar-refractivity contribution in [2.24, 2.45) is 11.3 Å². The molecule has 35 heavy (non-hydrogen) atoms. The molecule has 1 aliphatic carbocycles. The Morgan fingerprint density at radius 2 is 1.74 bits per heavy atom. The van der Waals surface area contributed by atoms with Crippen molar-refractivity contribution in [3.8, 4) is 0 Å². The van der Waals surface area contributed by atoms with Gasteiger partial charge in [0.25, 0.3) is 5.91 Å². The smallest absolute Gasteiger partial charge is 0.335 e. The fourth-order valence-electron chi connectivity index (χ4n) is 5.48. The van der Waals surface area contributed by atoms with Crippen molar-refractivity contribution in [1.82, 2.24) is 10.2 Å². The topological polar surface area (TPSA) is 107 Å². The second-order valence-corrected chi connectivity index (χ2v) is 10.7. The van der Waals surface area contributed by atoms with Crippen molar-refractivity contribution in [2.75, 3.05) is 13.1 Å². The molecular weight excluding hydrogens is 468 g/mol. The van der Waals surface area contributed by atoms with E-state index in [2.05, 4.69) is 5.32 Å². The zero-order valence-electron chi connectivity index (χ0n) is 20.0. The van der Waals surface area contributed by atoms with Crippen LogP contribution in [-0.2, 0) is 10.4 Å². The highest BCUT2D eigenvalue weighted by Gasteiger charge is 2.50. The van der Waals surface area contributed by atoms with Crippen molar-refractivity contribution >= 4 is 29.4 Å². The second kappa shape index (κ2) is 9.63. The zero-order valence-corrected chi connectivity index (χ0v) is 20.7. The molecule has 0 spiro atoms. The maximum absolute atomic E-state index is 13.6. The number of piperidine rings is 1. The lowest BCUT2D eigenvalue weighted by Crippen LogP contribution is -2.58. The van der Waals surface area contributed by atoms with Crippen LogP contribution in [0.15, 0.2) is 48.5 Å². The number of aromatic carboxylic acids is 1. The van der Waals surface area contributed by atoms with Gasteiger partial charge in [0.2, 0.25) is 5.91 Å². The Morgan fingerprint density at radius 3 is 2.40 bits per heavy atom. The number of halogens is 1. The Hall–Kier alpha value is -2.90. The van der Waals surface area contributed by atoms with Crippen molar-refractivity contribution < 1.29 is 24.6 Å². The van der Waals surface area contributed by atoms with Gasteiger partial charge in [0, 0.05) is 35.1 Å². The van der Waals surface area contributed by atoms with E-state index in [0.29, 0.717) is 37.4 Å². The van der Waals surface area contributed by atoms with Crippen molar-refractivity contribution in [3.63, 3.8) is 0 Å². The number of nitrogens with one attached hydrogen (secondary N) is 1. The summed E-state index contributed by atoms with van der Waals surface area (Å²) in [5.74, 6) is -1.84. The molecule has 0 radical (unpaired) electrons. The largest absolute Gasteiger partial charge is 0.478 e. The monoisotopic (exact) mass is 498 g/mol. The van der Waals surface area contributed by atoms with Gasteiger partial charge >= 0.3 is 5.97 Å². The van der Waals surface area contributed by atoms with Crippen molar-refractivity contribution in [3.05, 3.63) is 70.2 Å². The molecule has 1 saturated heterocycles. The molecule has 186 valence electrons.